The second-order valence-corrected chi connectivity index (χ2v) is 13.3. The molecule has 0 aliphatic carbocycles. The van der Waals surface area contributed by atoms with Crippen molar-refractivity contribution in [3.05, 3.63) is 156 Å². The van der Waals surface area contributed by atoms with Crippen molar-refractivity contribution in [3.63, 3.8) is 0 Å². The normalized spacial score (nSPS) is 16.5. The Morgan fingerprint density at radius 1 is 0.863 bits per heavy atom. The van der Waals surface area contributed by atoms with Gasteiger partial charge in [-0.2, -0.15) is 0 Å². The van der Waals surface area contributed by atoms with Crippen LogP contribution in [0.3, 0.4) is 0 Å². The molecule has 0 bridgehead atoms. The smallest absolute Gasteiger partial charge is 0.258 e. The first-order chi connectivity index (χ1) is 24.8. The molecular weight excluding hydrogens is 638 g/mol. The molecule has 8 nitrogen and oxygen atoms in total. The van der Waals surface area contributed by atoms with Gasteiger partial charge in [-0.1, -0.05) is 104 Å². The van der Waals surface area contributed by atoms with E-state index in [9.17, 15) is 14.7 Å². The van der Waals surface area contributed by atoms with Crippen molar-refractivity contribution < 1.29 is 24.2 Å². The number of aliphatic hydroxyl groups is 1. The van der Waals surface area contributed by atoms with Crippen LogP contribution < -0.4 is 14.8 Å². The van der Waals surface area contributed by atoms with Gasteiger partial charge >= 0.3 is 0 Å². The first-order valence-corrected chi connectivity index (χ1v) is 17.4. The van der Waals surface area contributed by atoms with Crippen LogP contribution in [0.25, 0.3) is 0 Å². The van der Waals surface area contributed by atoms with Crippen LogP contribution in [0.2, 0.25) is 0 Å². The van der Waals surface area contributed by atoms with E-state index in [1.165, 1.54) is 0 Å². The van der Waals surface area contributed by atoms with Crippen LogP contribution in [-0.2, 0) is 11.3 Å². The summed E-state index contributed by atoms with van der Waals surface area (Å²) in [6.45, 7) is 5.35. The molecule has 0 aromatic heterocycles. The zero-order chi connectivity index (χ0) is 35.7. The molecule has 0 spiro atoms. The summed E-state index contributed by atoms with van der Waals surface area (Å²) in [4.78, 5) is 32.2. The number of para-hydroxylation sites is 2. The Kier molecular flexibility index (Phi) is 11.5. The van der Waals surface area contributed by atoms with Gasteiger partial charge in [0.1, 0.15) is 17.6 Å². The van der Waals surface area contributed by atoms with Crippen LogP contribution >= 0.6 is 0 Å². The summed E-state index contributed by atoms with van der Waals surface area (Å²) in [5.74, 6) is 0.725. The summed E-state index contributed by atoms with van der Waals surface area (Å²) >= 11 is 0. The van der Waals surface area contributed by atoms with Crippen LogP contribution in [0.4, 0.5) is 5.69 Å². The Balaban J connectivity index is 1.26. The topological polar surface area (TPSA) is 91.3 Å². The van der Waals surface area contributed by atoms with E-state index in [4.69, 9.17) is 9.47 Å². The highest BCUT2D eigenvalue weighted by molar-refractivity contribution is 6.03. The van der Waals surface area contributed by atoms with Crippen LogP contribution in [0.15, 0.2) is 133 Å². The molecule has 6 rings (SSSR count). The van der Waals surface area contributed by atoms with Crippen LogP contribution in [0.1, 0.15) is 46.8 Å². The van der Waals surface area contributed by atoms with E-state index < -0.39 is 12.0 Å². The Morgan fingerprint density at radius 2 is 1.45 bits per heavy atom. The lowest BCUT2D eigenvalue weighted by atomic mass is 9.90. The van der Waals surface area contributed by atoms with Crippen LogP contribution in [0.5, 0.6) is 17.2 Å². The highest BCUT2D eigenvalue weighted by atomic mass is 16.5. The predicted molar refractivity (Wildman–Crippen MR) is 200 cm³/mol. The fourth-order valence-electron chi connectivity index (χ4n) is 6.52. The third-order valence-electron chi connectivity index (χ3n) is 9.32. The SMILES string of the molecule is C[C@@H]1CN([C@@H](C)CO)C(=O)c2cccc(NC(=O)C(c3ccccc3)c3ccccc3)c2O[C@@H]1CN(C)Cc1ccc(Oc2ccccc2)cc1. The molecule has 1 aliphatic heterocycles. The number of hydrogen-bond acceptors (Lipinski definition) is 6. The Bertz CT molecular complexity index is 1850. The zero-order valence-corrected chi connectivity index (χ0v) is 29.3. The molecule has 8 heteroatoms. The number of ether oxygens (including phenoxy) is 2. The summed E-state index contributed by atoms with van der Waals surface area (Å²) in [7, 11) is 2.04. The highest BCUT2D eigenvalue weighted by Gasteiger charge is 2.35. The number of carbonyl (C=O) groups excluding carboxylic acids is 2. The van der Waals surface area contributed by atoms with E-state index in [0.29, 0.717) is 36.6 Å². The first kappa shape index (κ1) is 35.4. The van der Waals surface area contributed by atoms with E-state index in [1.807, 2.05) is 117 Å². The molecule has 0 saturated heterocycles. The molecule has 51 heavy (non-hydrogen) atoms. The summed E-state index contributed by atoms with van der Waals surface area (Å²) in [6, 6.07) is 41.9. The first-order valence-electron chi connectivity index (χ1n) is 17.4. The number of amides is 2. The number of rotatable bonds is 12. The van der Waals surface area contributed by atoms with Crippen molar-refractivity contribution in [2.75, 3.05) is 32.1 Å². The van der Waals surface area contributed by atoms with E-state index >= 15 is 0 Å². The van der Waals surface area contributed by atoms with Crippen molar-refractivity contribution >= 4 is 17.5 Å². The number of fused-ring (bicyclic) bond motifs is 1. The number of hydrogen-bond donors (Lipinski definition) is 2. The van der Waals surface area contributed by atoms with Gasteiger partial charge in [-0.3, -0.25) is 14.5 Å². The molecular formula is C43H45N3O5. The van der Waals surface area contributed by atoms with Crippen LogP contribution in [0, 0.1) is 5.92 Å². The van der Waals surface area contributed by atoms with Crippen molar-refractivity contribution in [1.82, 2.24) is 9.80 Å². The van der Waals surface area contributed by atoms with E-state index in [0.717, 1.165) is 28.2 Å². The van der Waals surface area contributed by atoms with Gasteiger partial charge in [-0.15, -0.1) is 0 Å². The maximum atomic E-state index is 14.2. The number of anilines is 1. The monoisotopic (exact) mass is 683 g/mol. The molecule has 262 valence electrons. The molecule has 0 fully saturated rings. The van der Waals surface area contributed by atoms with Gasteiger partial charge in [0.2, 0.25) is 5.91 Å². The van der Waals surface area contributed by atoms with Gasteiger partial charge in [-0.25, -0.2) is 0 Å². The fraction of sp³-hybridized carbons (Fsp3) is 0.256. The number of nitrogens with one attached hydrogen (secondary N) is 1. The van der Waals surface area contributed by atoms with Gasteiger partial charge in [-0.05, 0) is 67.1 Å². The van der Waals surface area contributed by atoms with Crippen molar-refractivity contribution in [3.8, 4) is 17.2 Å². The number of likely N-dealkylation sites (N-methyl/N-ethyl adjacent to an activating group) is 1. The second-order valence-electron chi connectivity index (χ2n) is 13.3. The fourth-order valence-corrected chi connectivity index (χ4v) is 6.52. The molecule has 5 aromatic carbocycles. The van der Waals surface area contributed by atoms with Crippen LogP contribution in [-0.4, -0.2) is 65.6 Å². The third-order valence-corrected chi connectivity index (χ3v) is 9.32. The van der Waals surface area contributed by atoms with E-state index in [1.54, 1.807) is 23.1 Å². The van der Waals surface area contributed by atoms with Gasteiger partial charge in [0, 0.05) is 25.6 Å². The molecule has 3 atom stereocenters. The highest BCUT2D eigenvalue weighted by Crippen LogP contribution is 2.36. The lowest BCUT2D eigenvalue weighted by molar-refractivity contribution is -0.116. The van der Waals surface area contributed by atoms with Gasteiger partial charge < -0.3 is 24.8 Å². The lowest BCUT2D eigenvalue weighted by Gasteiger charge is -2.38. The quantitative estimate of drug-likeness (QED) is 0.141. The van der Waals surface area contributed by atoms with Crippen molar-refractivity contribution in [2.45, 2.75) is 38.5 Å². The van der Waals surface area contributed by atoms with Gasteiger partial charge in [0.15, 0.2) is 5.75 Å². The predicted octanol–water partition coefficient (Wildman–Crippen LogP) is 7.60. The minimum atomic E-state index is -0.580. The minimum absolute atomic E-state index is 0.0923. The van der Waals surface area contributed by atoms with Gasteiger partial charge in [0.25, 0.3) is 5.91 Å². The number of aliphatic hydroxyl groups excluding tert-OH is 1. The van der Waals surface area contributed by atoms with Gasteiger partial charge in [0.05, 0.1) is 29.8 Å². The Labute approximate surface area is 300 Å². The second kappa shape index (κ2) is 16.5. The largest absolute Gasteiger partial charge is 0.486 e. The Hall–Kier alpha value is -5.44. The van der Waals surface area contributed by atoms with E-state index in [2.05, 4.69) is 29.3 Å². The molecule has 0 unspecified atom stereocenters. The zero-order valence-electron chi connectivity index (χ0n) is 29.3. The molecule has 1 heterocycles. The van der Waals surface area contributed by atoms with Crippen molar-refractivity contribution in [2.24, 2.45) is 5.92 Å². The molecule has 0 radical (unpaired) electrons. The number of carbonyl (C=O) groups is 2. The summed E-state index contributed by atoms with van der Waals surface area (Å²) in [5.41, 5.74) is 3.59. The summed E-state index contributed by atoms with van der Waals surface area (Å²) < 4.78 is 12.8. The minimum Gasteiger partial charge on any atom is -0.486 e. The average molecular weight is 684 g/mol. The maximum Gasteiger partial charge on any atom is 0.258 e. The average Bonchev–Trinajstić information content (AvgIpc) is 3.15. The standard InChI is InChI=1S/C43H45N3O5/c1-30-26-46(31(2)29-47)43(49)37-20-13-21-38(44-42(48)40(33-14-7-4-8-15-33)34-16-9-5-10-17-34)41(37)51-39(30)28-45(3)27-32-22-24-36(25-23-32)50-35-18-11-6-12-19-35/h4-25,30-31,39-40,47H,26-29H2,1-3H3,(H,44,48)/t30-,31+,39-/m1/s1. The Morgan fingerprint density at radius 3 is 2.06 bits per heavy atom. The molecule has 2 N–H and O–H groups in total. The summed E-state index contributed by atoms with van der Waals surface area (Å²) in [6.07, 6.45) is -0.340. The molecule has 2 amide bonds. The van der Waals surface area contributed by atoms with Crippen molar-refractivity contribution in [1.29, 1.82) is 0 Å². The molecule has 5 aromatic rings. The molecule has 0 saturated carbocycles. The third kappa shape index (κ3) is 8.66. The number of nitrogens with zero attached hydrogens (tertiary/aromatic N) is 2. The summed E-state index contributed by atoms with van der Waals surface area (Å²) in [5, 5.41) is 13.3. The maximum absolute atomic E-state index is 14.2. The van der Waals surface area contributed by atoms with E-state index in [-0.39, 0.29) is 30.4 Å². The number of benzene rings is 5. The lowest BCUT2D eigenvalue weighted by Crippen LogP contribution is -2.49. The molecule has 1 aliphatic rings.